The number of hydrogen-bond donors (Lipinski definition) is 0. The Kier molecular flexibility index (Phi) is 5.13. The van der Waals surface area contributed by atoms with Crippen molar-refractivity contribution in [3.63, 3.8) is 0 Å². The Hall–Kier alpha value is -3.94. The summed E-state index contributed by atoms with van der Waals surface area (Å²) in [5.41, 5.74) is 4.21. The summed E-state index contributed by atoms with van der Waals surface area (Å²) in [6.45, 7) is 0.347. The van der Waals surface area contributed by atoms with Crippen molar-refractivity contribution in [1.29, 1.82) is 0 Å². The van der Waals surface area contributed by atoms with Crippen LogP contribution in [0.2, 0.25) is 0 Å². The summed E-state index contributed by atoms with van der Waals surface area (Å²) >= 11 is 0. The highest BCUT2D eigenvalue weighted by molar-refractivity contribution is 5.65. The SMILES string of the molecule is Fc1cccc(-c2nc3cnn(Cc4cc(-c5ccc(C6CCCC6)cc5)no4)cc-3n2)c1F. The van der Waals surface area contributed by atoms with Gasteiger partial charge in [-0.1, -0.05) is 48.3 Å². The molecule has 1 aromatic heterocycles. The van der Waals surface area contributed by atoms with Gasteiger partial charge >= 0.3 is 0 Å². The van der Waals surface area contributed by atoms with E-state index in [1.807, 2.05) is 6.07 Å². The van der Waals surface area contributed by atoms with Crippen molar-refractivity contribution in [3.05, 3.63) is 83.9 Å². The van der Waals surface area contributed by atoms with Crippen molar-refractivity contribution in [3.8, 4) is 34.0 Å². The fourth-order valence-corrected chi connectivity index (χ4v) is 4.61. The smallest absolute Gasteiger partial charge is 0.169 e. The maximum absolute atomic E-state index is 14.1. The average molecular weight is 457 g/mol. The molecule has 8 heteroatoms. The second-order valence-electron chi connectivity index (χ2n) is 8.67. The van der Waals surface area contributed by atoms with Crippen LogP contribution < -0.4 is 0 Å². The van der Waals surface area contributed by atoms with Gasteiger partial charge in [0.1, 0.15) is 23.6 Å². The number of nitrogens with zero attached hydrogens (tertiary/aromatic N) is 5. The van der Waals surface area contributed by atoms with E-state index >= 15 is 0 Å². The summed E-state index contributed by atoms with van der Waals surface area (Å²) in [7, 11) is 0. The molecule has 2 aliphatic heterocycles. The first kappa shape index (κ1) is 20.7. The first-order chi connectivity index (χ1) is 16.6. The van der Waals surface area contributed by atoms with Crippen molar-refractivity contribution < 1.29 is 13.3 Å². The summed E-state index contributed by atoms with van der Waals surface area (Å²) < 4.78 is 34.9. The lowest BCUT2D eigenvalue weighted by Gasteiger charge is -2.09. The van der Waals surface area contributed by atoms with Gasteiger partial charge in [-0.3, -0.25) is 4.68 Å². The molecule has 0 N–H and O–H groups in total. The summed E-state index contributed by atoms with van der Waals surface area (Å²) in [4.78, 5) is 8.64. The minimum atomic E-state index is -0.968. The molecule has 0 spiro atoms. The van der Waals surface area contributed by atoms with Crippen LogP contribution in [0.5, 0.6) is 0 Å². The normalized spacial score (nSPS) is 14.3. The van der Waals surface area contributed by atoms with Crippen LogP contribution in [0.15, 0.2) is 65.4 Å². The molecule has 3 aliphatic rings. The third-order valence-corrected chi connectivity index (χ3v) is 6.42. The Labute approximate surface area is 194 Å². The zero-order valence-corrected chi connectivity index (χ0v) is 18.3. The van der Waals surface area contributed by atoms with Gasteiger partial charge in [-0.25, -0.2) is 18.7 Å². The van der Waals surface area contributed by atoms with Crippen molar-refractivity contribution in [2.45, 2.75) is 38.1 Å². The standard InChI is InChI=1S/C26H21F2N5O/c27-21-7-3-6-20(25(21)28)26-30-23-13-29-33(15-24(23)31-26)14-19-12-22(32-34-19)18-10-8-17(9-11-18)16-4-1-2-5-16/h3,6-13,15-16H,1-2,4-5,14H2. The van der Waals surface area contributed by atoms with Crippen LogP contribution in [-0.2, 0) is 6.54 Å². The molecule has 0 bridgehead atoms. The summed E-state index contributed by atoms with van der Waals surface area (Å²) in [5.74, 6) is -0.466. The van der Waals surface area contributed by atoms with Crippen LogP contribution in [0, 0.1) is 11.6 Å². The number of benzene rings is 2. The van der Waals surface area contributed by atoms with E-state index in [9.17, 15) is 8.78 Å². The minimum absolute atomic E-state index is 0.0153. The van der Waals surface area contributed by atoms with Crippen LogP contribution in [0.3, 0.4) is 0 Å². The molecule has 3 aromatic rings. The molecular formula is C26H21F2N5O. The van der Waals surface area contributed by atoms with Gasteiger partial charge in [-0.2, -0.15) is 5.10 Å². The molecule has 0 unspecified atom stereocenters. The van der Waals surface area contributed by atoms with Crippen molar-refractivity contribution in [1.82, 2.24) is 24.9 Å². The predicted molar refractivity (Wildman–Crippen MR) is 122 cm³/mol. The second kappa shape index (κ2) is 8.44. The summed E-state index contributed by atoms with van der Waals surface area (Å²) in [5, 5.41) is 8.56. The third kappa shape index (κ3) is 3.85. The highest BCUT2D eigenvalue weighted by atomic mass is 19.2. The maximum Gasteiger partial charge on any atom is 0.169 e. The zero-order valence-electron chi connectivity index (χ0n) is 18.3. The minimum Gasteiger partial charge on any atom is -0.359 e. The van der Waals surface area contributed by atoms with Gasteiger partial charge in [0.15, 0.2) is 23.2 Å². The van der Waals surface area contributed by atoms with Gasteiger partial charge < -0.3 is 4.52 Å². The van der Waals surface area contributed by atoms with E-state index in [1.54, 1.807) is 17.1 Å². The van der Waals surface area contributed by atoms with E-state index < -0.39 is 11.6 Å². The highest BCUT2D eigenvalue weighted by Gasteiger charge is 2.19. The highest BCUT2D eigenvalue weighted by Crippen LogP contribution is 2.35. The number of aromatic nitrogens is 5. The van der Waals surface area contributed by atoms with Gasteiger partial charge in [0, 0.05) is 11.6 Å². The number of hydrogen-bond acceptors (Lipinski definition) is 5. The van der Waals surface area contributed by atoms with Crippen LogP contribution in [-0.4, -0.2) is 24.9 Å². The van der Waals surface area contributed by atoms with Crippen LogP contribution in [0.4, 0.5) is 8.78 Å². The second-order valence-corrected chi connectivity index (χ2v) is 8.67. The van der Waals surface area contributed by atoms with E-state index in [4.69, 9.17) is 4.52 Å². The number of halogens is 2. The molecule has 170 valence electrons. The molecule has 0 amide bonds. The molecular weight excluding hydrogens is 436 g/mol. The average Bonchev–Trinajstić information content (AvgIpc) is 3.62. The van der Waals surface area contributed by atoms with Crippen LogP contribution in [0.25, 0.3) is 34.0 Å². The Morgan fingerprint density at radius 2 is 1.74 bits per heavy atom. The summed E-state index contributed by atoms with van der Waals surface area (Å²) in [6.07, 6.45) is 8.42. The van der Waals surface area contributed by atoms with E-state index in [1.165, 1.54) is 43.4 Å². The van der Waals surface area contributed by atoms with E-state index in [2.05, 4.69) is 44.5 Å². The fraction of sp³-hybridized carbons (Fsp3) is 0.231. The van der Waals surface area contributed by atoms with Crippen molar-refractivity contribution >= 4 is 0 Å². The molecule has 3 heterocycles. The fourth-order valence-electron chi connectivity index (χ4n) is 4.61. The number of fused-ring (bicyclic) bond motifs is 1. The molecule has 1 fully saturated rings. The van der Waals surface area contributed by atoms with Crippen LogP contribution in [0.1, 0.15) is 42.9 Å². The van der Waals surface area contributed by atoms with Crippen LogP contribution >= 0.6 is 0 Å². The Bertz CT molecular complexity index is 1420. The predicted octanol–water partition coefficient (Wildman–Crippen LogP) is 6.08. The molecule has 34 heavy (non-hydrogen) atoms. The quantitative estimate of drug-likeness (QED) is 0.320. The summed E-state index contributed by atoms with van der Waals surface area (Å²) in [6, 6.07) is 14.4. The lowest BCUT2D eigenvalue weighted by Crippen LogP contribution is -2.04. The van der Waals surface area contributed by atoms with Crippen molar-refractivity contribution in [2.24, 2.45) is 0 Å². The van der Waals surface area contributed by atoms with E-state index in [-0.39, 0.29) is 11.4 Å². The van der Waals surface area contributed by atoms with Gasteiger partial charge in [0.05, 0.1) is 18.0 Å². The molecule has 2 aromatic carbocycles. The first-order valence-corrected chi connectivity index (χ1v) is 11.3. The Morgan fingerprint density at radius 3 is 2.56 bits per heavy atom. The molecule has 0 saturated heterocycles. The van der Waals surface area contributed by atoms with Gasteiger partial charge in [0.25, 0.3) is 0 Å². The first-order valence-electron chi connectivity index (χ1n) is 11.3. The number of imidazole rings is 1. The van der Waals surface area contributed by atoms with Gasteiger partial charge in [0.2, 0.25) is 0 Å². The molecule has 6 rings (SSSR count). The van der Waals surface area contributed by atoms with E-state index in [0.717, 1.165) is 17.3 Å². The molecule has 1 saturated carbocycles. The van der Waals surface area contributed by atoms with Gasteiger partial charge in [-0.05, 0) is 36.5 Å². The molecule has 0 atom stereocenters. The van der Waals surface area contributed by atoms with Crippen molar-refractivity contribution in [2.75, 3.05) is 0 Å². The zero-order chi connectivity index (χ0) is 23.1. The van der Waals surface area contributed by atoms with E-state index in [0.29, 0.717) is 29.6 Å². The largest absolute Gasteiger partial charge is 0.359 e. The number of rotatable bonds is 5. The Morgan fingerprint density at radius 1 is 0.941 bits per heavy atom. The lowest BCUT2D eigenvalue weighted by atomic mass is 9.96. The lowest BCUT2D eigenvalue weighted by molar-refractivity contribution is 0.372. The van der Waals surface area contributed by atoms with Gasteiger partial charge in [-0.15, -0.1) is 0 Å². The third-order valence-electron chi connectivity index (χ3n) is 6.42. The maximum atomic E-state index is 14.1. The topological polar surface area (TPSA) is 69.6 Å². The molecule has 1 aliphatic carbocycles. The monoisotopic (exact) mass is 457 g/mol. The molecule has 0 radical (unpaired) electrons. The molecule has 6 nitrogen and oxygen atoms in total. The Balaban J connectivity index is 1.21.